The molecule has 1 heterocycles. The van der Waals surface area contributed by atoms with Crippen molar-refractivity contribution in [3.63, 3.8) is 0 Å². The molecular formula is C17H20N2O2. The highest BCUT2D eigenvalue weighted by Crippen LogP contribution is 2.12. The number of hydrogen-bond donors (Lipinski definition) is 2. The Hall–Kier alpha value is -2.20. The van der Waals surface area contributed by atoms with Crippen molar-refractivity contribution in [2.75, 3.05) is 0 Å². The van der Waals surface area contributed by atoms with Gasteiger partial charge in [-0.3, -0.25) is 9.78 Å². The van der Waals surface area contributed by atoms with Crippen molar-refractivity contribution >= 4 is 5.91 Å². The van der Waals surface area contributed by atoms with E-state index < -0.39 is 0 Å². The topological polar surface area (TPSA) is 62.2 Å². The van der Waals surface area contributed by atoms with E-state index in [0.29, 0.717) is 18.0 Å². The van der Waals surface area contributed by atoms with Gasteiger partial charge in [0.05, 0.1) is 12.2 Å². The van der Waals surface area contributed by atoms with Gasteiger partial charge in [-0.1, -0.05) is 38.1 Å². The van der Waals surface area contributed by atoms with E-state index in [1.165, 1.54) is 0 Å². The molecule has 2 N–H and O–H groups in total. The predicted octanol–water partition coefficient (Wildman–Crippen LogP) is 2.63. The molecule has 0 aliphatic carbocycles. The Bertz CT molecular complexity index is 606. The number of pyridine rings is 1. The number of carbonyl (C=O) groups is 1. The number of aromatic nitrogens is 1. The summed E-state index contributed by atoms with van der Waals surface area (Å²) in [6.45, 7) is 4.49. The first-order valence-electron chi connectivity index (χ1n) is 7.03. The summed E-state index contributed by atoms with van der Waals surface area (Å²) in [5.74, 6) is 0.184. The maximum Gasteiger partial charge on any atom is 0.253 e. The van der Waals surface area contributed by atoms with E-state index >= 15 is 0 Å². The lowest BCUT2D eigenvalue weighted by Gasteiger charge is -2.09. The second kappa shape index (κ2) is 6.99. The van der Waals surface area contributed by atoms with Crippen LogP contribution in [0.2, 0.25) is 0 Å². The Labute approximate surface area is 124 Å². The Morgan fingerprint density at radius 1 is 1.19 bits per heavy atom. The molecule has 0 spiro atoms. The van der Waals surface area contributed by atoms with Crippen molar-refractivity contribution in [1.82, 2.24) is 10.3 Å². The normalized spacial score (nSPS) is 10.7. The first-order chi connectivity index (χ1) is 10.1. The molecule has 21 heavy (non-hydrogen) atoms. The van der Waals surface area contributed by atoms with Crippen molar-refractivity contribution in [3.05, 3.63) is 65.0 Å². The van der Waals surface area contributed by atoms with Crippen LogP contribution in [0.3, 0.4) is 0 Å². The van der Waals surface area contributed by atoms with Crippen molar-refractivity contribution in [1.29, 1.82) is 0 Å². The fourth-order valence-electron chi connectivity index (χ4n) is 2.04. The van der Waals surface area contributed by atoms with Gasteiger partial charge < -0.3 is 10.4 Å². The first-order valence-corrected chi connectivity index (χ1v) is 7.03. The SMILES string of the molecule is CC(C)c1ccc(C(=O)NCc2ccccc2CO)cn1. The summed E-state index contributed by atoms with van der Waals surface area (Å²) in [6, 6.07) is 11.2. The zero-order valence-corrected chi connectivity index (χ0v) is 12.3. The summed E-state index contributed by atoms with van der Waals surface area (Å²) in [5.41, 5.74) is 3.25. The molecular weight excluding hydrogens is 264 g/mol. The Morgan fingerprint density at radius 2 is 1.90 bits per heavy atom. The molecule has 4 nitrogen and oxygen atoms in total. The molecule has 0 aliphatic rings. The highest BCUT2D eigenvalue weighted by Gasteiger charge is 2.08. The third kappa shape index (κ3) is 3.89. The van der Waals surface area contributed by atoms with Gasteiger partial charge in [0.1, 0.15) is 0 Å². The van der Waals surface area contributed by atoms with Gasteiger partial charge in [-0.2, -0.15) is 0 Å². The van der Waals surface area contributed by atoms with Gasteiger partial charge in [-0.25, -0.2) is 0 Å². The Balaban J connectivity index is 2.01. The number of amides is 1. The standard InChI is InChI=1S/C17H20N2O2/c1-12(2)16-8-7-14(10-18-16)17(21)19-9-13-5-3-4-6-15(13)11-20/h3-8,10,12,20H,9,11H2,1-2H3,(H,19,21). The number of nitrogens with one attached hydrogen (secondary N) is 1. The lowest BCUT2D eigenvalue weighted by molar-refractivity contribution is 0.0950. The smallest absolute Gasteiger partial charge is 0.253 e. The van der Waals surface area contributed by atoms with Crippen LogP contribution in [0.25, 0.3) is 0 Å². The van der Waals surface area contributed by atoms with Crippen molar-refractivity contribution in [2.45, 2.75) is 32.9 Å². The lowest BCUT2D eigenvalue weighted by Crippen LogP contribution is -2.23. The van der Waals surface area contributed by atoms with Gasteiger partial charge in [-0.15, -0.1) is 0 Å². The quantitative estimate of drug-likeness (QED) is 0.887. The summed E-state index contributed by atoms with van der Waals surface area (Å²) in [7, 11) is 0. The average Bonchev–Trinajstić information content (AvgIpc) is 2.52. The fraction of sp³-hybridized carbons (Fsp3) is 0.294. The van der Waals surface area contributed by atoms with Crippen LogP contribution in [-0.4, -0.2) is 16.0 Å². The van der Waals surface area contributed by atoms with Gasteiger partial charge in [-0.05, 0) is 29.2 Å². The van der Waals surface area contributed by atoms with E-state index in [1.54, 1.807) is 12.3 Å². The molecule has 1 amide bonds. The zero-order valence-electron chi connectivity index (χ0n) is 12.3. The summed E-state index contributed by atoms with van der Waals surface area (Å²) < 4.78 is 0. The second-order valence-corrected chi connectivity index (χ2v) is 5.24. The van der Waals surface area contributed by atoms with Crippen LogP contribution in [0.15, 0.2) is 42.6 Å². The van der Waals surface area contributed by atoms with Gasteiger partial charge in [0.2, 0.25) is 0 Å². The molecule has 4 heteroatoms. The number of rotatable bonds is 5. The minimum absolute atomic E-state index is 0.0311. The average molecular weight is 284 g/mol. The van der Waals surface area contributed by atoms with Crippen molar-refractivity contribution < 1.29 is 9.90 Å². The monoisotopic (exact) mass is 284 g/mol. The number of benzene rings is 1. The highest BCUT2D eigenvalue weighted by atomic mass is 16.3. The summed E-state index contributed by atoms with van der Waals surface area (Å²) in [6.07, 6.45) is 1.60. The molecule has 110 valence electrons. The minimum atomic E-state index is -0.162. The molecule has 0 unspecified atom stereocenters. The molecule has 0 atom stereocenters. The van der Waals surface area contributed by atoms with E-state index in [2.05, 4.69) is 24.1 Å². The van der Waals surface area contributed by atoms with Crippen LogP contribution in [0.1, 0.15) is 46.9 Å². The van der Waals surface area contributed by atoms with Crippen LogP contribution in [-0.2, 0) is 13.2 Å². The summed E-state index contributed by atoms with van der Waals surface area (Å²) in [5, 5.41) is 12.1. The molecule has 1 aromatic heterocycles. The first kappa shape index (κ1) is 15.2. The fourth-order valence-corrected chi connectivity index (χ4v) is 2.04. The van der Waals surface area contributed by atoms with E-state index in [-0.39, 0.29) is 12.5 Å². The zero-order chi connectivity index (χ0) is 15.2. The van der Waals surface area contributed by atoms with Crippen LogP contribution >= 0.6 is 0 Å². The number of aliphatic hydroxyl groups excluding tert-OH is 1. The number of carbonyl (C=O) groups excluding carboxylic acids is 1. The third-order valence-electron chi connectivity index (χ3n) is 3.37. The summed E-state index contributed by atoms with van der Waals surface area (Å²) >= 11 is 0. The van der Waals surface area contributed by atoms with E-state index in [0.717, 1.165) is 16.8 Å². The lowest BCUT2D eigenvalue weighted by atomic mass is 10.1. The molecule has 0 bridgehead atoms. The predicted molar refractivity (Wildman–Crippen MR) is 81.9 cm³/mol. The van der Waals surface area contributed by atoms with E-state index in [9.17, 15) is 9.90 Å². The molecule has 0 saturated heterocycles. The molecule has 0 radical (unpaired) electrons. The van der Waals surface area contributed by atoms with Crippen molar-refractivity contribution in [2.24, 2.45) is 0 Å². The van der Waals surface area contributed by atoms with Crippen molar-refractivity contribution in [3.8, 4) is 0 Å². The molecule has 1 aromatic carbocycles. The summed E-state index contributed by atoms with van der Waals surface area (Å²) in [4.78, 5) is 16.4. The molecule has 0 saturated carbocycles. The van der Waals surface area contributed by atoms with Crippen LogP contribution in [0.4, 0.5) is 0 Å². The van der Waals surface area contributed by atoms with Gasteiger partial charge >= 0.3 is 0 Å². The van der Waals surface area contributed by atoms with Gasteiger partial charge in [0.15, 0.2) is 0 Å². The second-order valence-electron chi connectivity index (χ2n) is 5.24. The van der Waals surface area contributed by atoms with Gasteiger partial charge in [0.25, 0.3) is 5.91 Å². The van der Waals surface area contributed by atoms with Crippen LogP contribution in [0, 0.1) is 0 Å². The number of hydrogen-bond acceptors (Lipinski definition) is 3. The molecule has 0 aliphatic heterocycles. The van der Waals surface area contributed by atoms with Crippen LogP contribution in [0.5, 0.6) is 0 Å². The molecule has 2 aromatic rings. The molecule has 2 rings (SSSR count). The number of nitrogens with zero attached hydrogens (tertiary/aromatic N) is 1. The highest BCUT2D eigenvalue weighted by molar-refractivity contribution is 5.93. The minimum Gasteiger partial charge on any atom is -0.392 e. The Morgan fingerprint density at radius 3 is 2.48 bits per heavy atom. The maximum atomic E-state index is 12.1. The number of aliphatic hydroxyl groups is 1. The van der Waals surface area contributed by atoms with Gasteiger partial charge in [0, 0.05) is 18.4 Å². The van der Waals surface area contributed by atoms with E-state index in [1.807, 2.05) is 30.3 Å². The maximum absolute atomic E-state index is 12.1. The Kier molecular flexibility index (Phi) is 5.06. The molecule has 0 fully saturated rings. The van der Waals surface area contributed by atoms with E-state index in [4.69, 9.17) is 0 Å². The van der Waals surface area contributed by atoms with Crippen LogP contribution < -0.4 is 5.32 Å². The largest absolute Gasteiger partial charge is 0.392 e. The third-order valence-corrected chi connectivity index (χ3v) is 3.37.